The quantitative estimate of drug-likeness (QED) is 0.808. The number of rotatable bonds is 7. The predicted molar refractivity (Wildman–Crippen MR) is 88.7 cm³/mol. The van der Waals surface area contributed by atoms with Gasteiger partial charge in [-0.2, -0.15) is 0 Å². The number of piperazine rings is 1. The third-order valence-corrected chi connectivity index (χ3v) is 4.05. The van der Waals surface area contributed by atoms with Crippen LogP contribution in [0.5, 0.6) is 5.75 Å². The molecule has 1 fully saturated rings. The molecule has 1 saturated heterocycles. The Morgan fingerprint density at radius 3 is 2.50 bits per heavy atom. The largest absolute Gasteiger partial charge is 0.491 e. The Bertz CT molecular complexity index is 611. The SMILES string of the molecule is Cc1nnc(CN2CCN(C[C@H](O)COc3ccccc3)CC2)o1. The van der Waals surface area contributed by atoms with E-state index in [1.54, 1.807) is 6.92 Å². The summed E-state index contributed by atoms with van der Waals surface area (Å²) in [7, 11) is 0. The fraction of sp³-hybridized carbons (Fsp3) is 0.529. The maximum absolute atomic E-state index is 10.2. The molecule has 24 heavy (non-hydrogen) atoms. The fourth-order valence-electron chi connectivity index (χ4n) is 2.78. The van der Waals surface area contributed by atoms with Gasteiger partial charge in [-0.1, -0.05) is 18.2 Å². The highest BCUT2D eigenvalue weighted by Crippen LogP contribution is 2.10. The molecule has 0 saturated carbocycles. The highest BCUT2D eigenvalue weighted by atomic mass is 16.5. The summed E-state index contributed by atoms with van der Waals surface area (Å²) in [6.45, 7) is 7.10. The molecule has 3 rings (SSSR count). The molecule has 1 aromatic heterocycles. The average molecular weight is 332 g/mol. The van der Waals surface area contributed by atoms with Crippen LogP contribution in [0.25, 0.3) is 0 Å². The van der Waals surface area contributed by atoms with Crippen molar-refractivity contribution in [2.75, 3.05) is 39.3 Å². The molecule has 0 bridgehead atoms. The van der Waals surface area contributed by atoms with E-state index in [-0.39, 0.29) is 0 Å². The van der Waals surface area contributed by atoms with Crippen LogP contribution in [0.3, 0.4) is 0 Å². The van der Waals surface area contributed by atoms with Crippen molar-refractivity contribution in [1.29, 1.82) is 0 Å². The molecule has 7 heteroatoms. The topological polar surface area (TPSA) is 74.9 Å². The molecule has 1 atom stereocenters. The number of ether oxygens (including phenoxy) is 1. The summed E-state index contributed by atoms with van der Waals surface area (Å²) in [6, 6.07) is 9.57. The highest BCUT2D eigenvalue weighted by Gasteiger charge is 2.20. The molecule has 1 N–H and O–H groups in total. The Morgan fingerprint density at radius 1 is 1.12 bits per heavy atom. The van der Waals surface area contributed by atoms with Crippen molar-refractivity contribution >= 4 is 0 Å². The Balaban J connectivity index is 1.35. The van der Waals surface area contributed by atoms with E-state index in [0.29, 0.717) is 31.5 Å². The number of nitrogens with zero attached hydrogens (tertiary/aromatic N) is 4. The first kappa shape index (κ1) is 16.9. The smallest absolute Gasteiger partial charge is 0.230 e. The van der Waals surface area contributed by atoms with Crippen LogP contribution in [0, 0.1) is 6.92 Å². The first-order valence-corrected chi connectivity index (χ1v) is 8.28. The van der Waals surface area contributed by atoms with Gasteiger partial charge in [-0.3, -0.25) is 9.80 Å². The Hall–Kier alpha value is -1.96. The molecule has 0 unspecified atom stereocenters. The van der Waals surface area contributed by atoms with Crippen molar-refractivity contribution in [2.24, 2.45) is 0 Å². The maximum atomic E-state index is 10.2. The van der Waals surface area contributed by atoms with Gasteiger partial charge in [-0.25, -0.2) is 0 Å². The Morgan fingerprint density at radius 2 is 1.83 bits per heavy atom. The minimum atomic E-state index is -0.490. The van der Waals surface area contributed by atoms with Gasteiger partial charge < -0.3 is 14.3 Å². The van der Waals surface area contributed by atoms with Gasteiger partial charge in [-0.05, 0) is 12.1 Å². The number of aliphatic hydroxyl groups excluding tert-OH is 1. The summed E-state index contributed by atoms with van der Waals surface area (Å²) in [4.78, 5) is 4.55. The van der Waals surface area contributed by atoms with Crippen LogP contribution in [0.2, 0.25) is 0 Å². The Kier molecular flexibility index (Phi) is 5.79. The first-order chi connectivity index (χ1) is 11.7. The number of β-amino-alcohol motifs (C(OH)–C–C–N with tert-alkyl or cyclic N) is 1. The number of hydrogen-bond donors (Lipinski definition) is 1. The fourth-order valence-corrected chi connectivity index (χ4v) is 2.78. The van der Waals surface area contributed by atoms with E-state index < -0.39 is 6.10 Å². The minimum Gasteiger partial charge on any atom is -0.491 e. The summed E-state index contributed by atoms with van der Waals surface area (Å²) in [5.74, 6) is 2.05. The van der Waals surface area contributed by atoms with Crippen LogP contribution in [0.15, 0.2) is 34.7 Å². The zero-order chi connectivity index (χ0) is 16.8. The molecule has 1 aliphatic rings. The molecule has 0 aliphatic carbocycles. The lowest BCUT2D eigenvalue weighted by atomic mass is 10.2. The molecule has 130 valence electrons. The number of benzene rings is 1. The average Bonchev–Trinajstić information content (AvgIpc) is 3.01. The van der Waals surface area contributed by atoms with E-state index in [2.05, 4.69) is 20.0 Å². The second-order valence-corrected chi connectivity index (χ2v) is 6.07. The molecular weight excluding hydrogens is 308 g/mol. The van der Waals surface area contributed by atoms with E-state index in [1.165, 1.54) is 0 Å². The van der Waals surface area contributed by atoms with Gasteiger partial charge >= 0.3 is 0 Å². The van der Waals surface area contributed by atoms with Gasteiger partial charge in [-0.15, -0.1) is 10.2 Å². The van der Waals surface area contributed by atoms with Crippen molar-refractivity contribution < 1.29 is 14.3 Å². The van der Waals surface area contributed by atoms with E-state index in [0.717, 1.165) is 31.9 Å². The van der Waals surface area contributed by atoms with E-state index in [9.17, 15) is 5.11 Å². The summed E-state index contributed by atoms with van der Waals surface area (Å²) < 4.78 is 11.0. The van der Waals surface area contributed by atoms with Crippen molar-refractivity contribution in [3.05, 3.63) is 42.1 Å². The zero-order valence-electron chi connectivity index (χ0n) is 14.0. The standard InChI is InChI=1S/C17H24N4O3/c1-14-18-19-17(24-14)12-21-9-7-20(8-10-21)11-15(22)13-23-16-5-3-2-4-6-16/h2-6,15,22H,7-13H2,1H3/t15-/m0/s1. The van der Waals surface area contributed by atoms with Crippen LogP contribution in [-0.2, 0) is 6.54 Å². The number of para-hydroxylation sites is 1. The number of aliphatic hydroxyl groups is 1. The molecule has 0 amide bonds. The zero-order valence-corrected chi connectivity index (χ0v) is 14.0. The second-order valence-electron chi connectivity index (χ2n) is 6.07. The van der Waals surface area contributed by atoms with Crippen molar-refractivity contribution in [2.45, 2.75) is 19.6 Å². The van der Waals surface area contributed by atoms with Gasteiger partial charge in [0.15, 0.2) is 0 Å². The molecule has 1 aromatic carbocycles. The highest BCUT2D eigenvalue weighted by molar-refractivity contribution is 5.20. The third-order valence-electron chi connectivity index (χ3n) is 4.05. The second kappa shape index (κ2) is 8.23. The van der Waals surface area contributed by atoms with Crippen molar-refractivity contribution in [3.63, 3.8) is 0 Å². The van der Waals surface area contributed by atoms with E-state index >= 15 is 0 Å². The molecule has 1 aliphatic heterocycles. The van der Waals surface area contributed by atoms with Crippen molar-refractivity contribution in [1.82, 2.24) is 20.0 Å². The summed E-state index contributed by atoms with van der Waals surface area (Å²) in [5, 5.41) is 18.0. The van der Waals surface area contributed by atoms with Crippen LogP contribution in [0.1, 0.15) is 11.8 Å². The monoisotopic (exact) mass is 332 g/mol. The lowest BCUT2D eigenvalue weighted by Crippen LogP contribution is -2.48. The molecule has 0 spiro atoms. The van der Waals surface area contributed by atoms with Gasteiger partial charge in [0.05, 0.1) is 6.54 Å². The van der Waals surface area contributed by atoms with E-state index in [4.69, 9.17) is 9.15 Å². The van der Waals surface area contributed by atoms with Crippen LogP contribution >= 0.6 is 0 Å². The number of hydrogen-bond acceptors (Lipinski definition) is 7. The molecule has 2 heterocycles. The van der Waals surface area contributed by atoms with Gasteiger partial charge in [0, 0.05) is 39.6 Å². The normalized spacial score (nSPS) is 17.8. The third kappa shape index (κ3) is 5.02. The van der Waals surface area contributed by atoms with E-state index in [1.807, 2.05) is 30.3 Å². The summed E-state index contributed by atoms with van der Waals surface area (Å²) in [6.07, 6.45) is -0.490. The number of aromatic nitrogens is 2. The molecule has 2 aromatic rings. The minimum absolute atomic E-state index is 0.311. The lowest BCUT2D eigenvalue weighted by molar-refractivity contribution is 0.0430. The maximum Gasteiger partial charge on any atom is 0.230 e. The predicted octanol–water partition coefficient (Wildman–Crippen LogP) is 0.936. The van der Waals surface area contributed by atoms with Gasteiger partial charge in [0.1, 0.15) is 18.5 Å². The van der Waals surface area contributed by atoms with Crippen molar-refractivity contribution in [3.8, 4) is 5.75 Å². The summed E-state index contributed by atoms with van der Waals surface area (Å²) >= 11 is 0. The number of aryl methyl sites for hydroxylation is 1. The van der Waals surface area contributed by atoms with Gasteiger partial charge in [0.25, 0.3) is 0 Å². The molecular formula is C17H24N4O3. The first-order valence-electron chi connectivity index (χ1n) is 8.28. The van der Waals surface area contributed by atoms with Crippen LogP contribution < -0.4 is 4.74 Å². The van der Waals surface area contributed by atoms with Gasteiger partial charge in [0.2, 0.25) is 11.8 Å². The molecule has 7 nitrogen and oxygen atoms in total. The Labute approximate surface area is 141 Å². The summed E-state index contributed by atoms with van der Waals surface area (Å²) in [5.41, 5.74) is 0. The molecule has 0 radical (unpaired) electrons. The van der Waals surface area contributed by atoms with Crippen LogP contribution in [0.4, 0.5) is 0 Å². The van der Waals surface area contributed by atoms with Crippen LogP contribution in [-0.4, -0.2) is 70.5 Å². The lowest BCUT2D eigenvalue weighted by Gasteiger charge is -2.34.